The summed E-state index contributed by atoms with van der Waals surface area (Å²) in [7, 11) is 0. The maximum atomic E-state index is 11.5. The summed E-state index contributed by atoms with van der Waals surface area (Å²) in [6.45, 7) is 0. The molecule has 3 aromatic rings. The number of hydrogen-bond acceptors (Lipinski definition) is 6. The first kappa shape index (κ1) is 8.30. The third kappa shape index (κ3) is 1.03. The molecule has 6 nitrogen and oxygen atoms in total. The van der Waals surface area contributed by atoms with E-state index in [0.29, 0.717) is 26.3 Å². The highest BCUT2D eigenvalue weighted by Crippen LogP contribution is 2.30. The average molecular weight is 219 g/mol. The van der Waals surface area contributed by atoms with Crippen LogP contribution in [0.5, 0.6) is 0 Å². The van der Waals surface area contributed by atoms with E-state index in [-0.39, 0.29) is 5.56 Å². The number of nitrogen functional groups attached to an aromatic ring is 1. The quantitative estimate of drug-likeness (QED) is 0.574. The van der Waals surface area contributed by atoms with E-state index in [1.165, 1.54) is 24.0 Å². The summed E-state index contributed by atoms with van der Waals surface area (Å²) < 4.78 is 0.528. The van der Waals surface area contributed by atoms with Crippen LogP contribution in [-0.4, -0.2) is 19.9 Å². The van der Waals surface area contributed by atoms with Crippen molar-refractivity contribution >= 4 is 37.6 Å². The van der Waals surface area contributed by atoms with Gasteiger partial charge in [-0.15, -0.1) is 11.3 Å². The Hall–Kier alpha value is -2.02. The van der Waals surface area contributed by atoms with Crippen LogP contribution in [0.15, 0.2) is 17.4 Å². The molecule has 15 heavy (non-hydrogen) atoms. The Kier molecular flexibility index (Phi) is 1.51. The van der Waals surface area contributed by atoms with Gasteiger partial charge in [0.05, 0.1) is 11.7 Å². The molecule has 3 heterocycles. The topological polar surface area (TPSA) is 97.5 Å². The molecule has 0 atom stereocenters. The summed E-state index contributed by atoms with van der Waals surface area (Å²) in [5.74, 6) is 0.351. The second kappa shape index (κ2) is 2.74. The van der Waals surface area contributed by atoms with Crippen LogP contribution in [0.3, 0.4) is 0 Å². The molecule has 74 valence electrons. The van der Waals surface area contributed by atoms with E-state index in [9.17, 15) is 4.79 Å². The average Bonchev–Trinajstić information content (AvgIpc) is 2.59. The summed E-state index contributed by atoms with van der Waals surface area (Å²) in [5.41, 5.74) is 6.11. The van der Waals surface area contributed by atoms with Crippen molar-refractivity contribution in [2.45, 2.75) is 0 Å². The number of anilines is 1. The third-order valence-corrected chi connectivity index (χ3v) is 3.17. The summed E-state index contributed by atoms with van der Waals surface area (Å²) in [6.07, 6.45) is 2.73. The van der Waals surface area contributed by atoms with Gasteiger partial charge in [0.1, 0.15) is 27.2 Å². The SMILES string of the molecule is Nc1ncnc2sc3c(=O)[nH]cnc3c12. The van der Waals surface area contributed by atoms with Crippen molar-refractivity contribution in [3.8, 4) is 0 Å². The van der Waals surface area contributed by atoms with Crippen LogP contribution in [-0.2, 0) is 0 Å². The lowest BCUT2D eigenvalue weighted by Gasteiger charge is -1.92. The Balaban J connectivity index is 2.71. The first-order valence-corrected chi connectivity index (χ1v) is 4.95. The maximum absolute atomic E-state index is 11.5. The van der Waals surface area contributed by atoms with Gasteiger partial charge < -0.3 is 10.7 Å². The van der Waals surface area contributed by atoms with Crippen LogP contribution in [0.1, 0.15) is 0 Å². The van der Waals surface area contributed by atoms with Crippen molar-refractivity contribution < 1.29 is 0 Å². The number of nitrogens with two attached hydrogens (primary N) is 1. The minimum absolute atomic E-state index is 0.178. The molecule has 0 bridgehead atoms. The fourth-order valence-corrected chi connectivity index (χ4v) is 2.44. The van der Waals surface area contributed by atoms with E-state index >= 15 is 0 Å². The Morgan fingerprint density at radius 2 is 2.20 bits per heavy atom. The van der Waals surface area contributed by atoms with Gasteiger partial charge in [-0.2, -0.15) is 0 Å². The van der Waals surface area contributed by atoms with Crippen molar-refractivity contribution in [1.82, 2.24) is 19.9 Å². The number of aromatic amines is 1. The Morgan fingerprint density at radius 1 is 1.33 bits per heavy atom. The zero-order chi connectivity index (χ0) is 10.4. The molecule has 3 N–H and O–H groups in total. The van der Waals surface area contributed by atoms with Crippen molar-refractivity contribution in [2.24, 2.45) is 0 Å². The minimum Gasteiger partial charge on any atom is -0.383 e. The highest BCUT2D eigenvalue weighted by atomic mass is 32.1. The smallest absolute Gasteiger partial charge is 0.268 e. The number of hydrogen-bond donors (Lipinski definition) is 2. The van der Waals surface area contributed by atoms with E-state index < -0.39 is 0 Å². The molecule has 0 aliphatic rings. The second-order valence-electron chi connectivity index (χ2n) is 2.95. The number of thiophene rings is 1. The van der Waals surface area contributed by atoms with Gasteiger partial charge in [-0.25, -0.2) is 15.0 Å². The highest BCUT2D eigenvalue weighted by Gasteiger charge is 2.12. The summed E-state index contributed by atoms with van der Waals surface area (Å²) in [4.78, 5) is 26.7. The molecule has 0 aromatic carbocycles. The molecule has 7 heteroatoms. The lowest BCUT2D eigenvalue weighted by Crippen LogP contribution is -2.03. The van der Waals surface area contributed by atoms with E-state index in [4.69, 9.17) is 5.73 Å². The molecule has 3 aromatic heterocycles. The Bertz CT molecular complexity index is 716. The lowest BCUT2D eigenvalue weighted by molar-refractivity contribution is 1.18. The first-order chi connectivity index (χ1) is 7.27. The summed E-state index contributed by atoms with van der Waals surface area (Å²) in [5, 5.41) is 0.656. The predicted octanol–water partition coefficient (Wildman–Crippen LogP) is 0.510. The molecule has 0 saturated carbocycles. The molecular weight excluding hydrogens is 214 g/mol. The number of H-pyrrole nitrogens is 1. The van der Waals surface area contributed by atoms with E-state index in [1.807, 2.05) is 0 Å². The number of nitrogens with zero attached hydrogens (tertiary/aromatic N) is 3. The van der Waals surface area contributed by atoms with Crippen LogP contribution in [0.2, 0.25) is 0 Å². The second-order valence-corrected chi connectivity index (χ2v) is 3.95. The van der Waals surface area contributed by atoms with Crippen molar-refractivity contribution in [2.75, 3.05) is 5.73 Å². The highest BCUT2D eigenvalue weighted by molar-refractivity contribution is 7.25. The minimum atomic E-state index is -0.178. The fourth-order valence-electron chi connectivity index (χ4n) is 1.44. The monoisotopic (exact) mass is 219 g/mol. The number of rotatable bonds is 0. The normalized spacial score (nSPS) is 11.2. The maximum Gasteiger partial charge on any atom is 0.268 e. The molecule has 3 rings (SSSR count). The zero-order valence-corrected chi connectivity index (χ0v) is 8.21. The van der Waals surface area contributed by atoms with Gasteiger partial charge >= 0.3 is 0 Å². The molecule has 0 saturated heterocycles. The molecule has 0 fully saturated rings. The molecule has 0 spiro atoms. The first-order valence-electron chi connectivity index (χ1n) is 4.14. The zero-order valence-electron chi connectivity index (χ0n) is 7.39. The van der Waals surface area contributed by atoms with Crippen LogP contribution in [0, 0.1) is 0 Å². The molecule has 0 radical (unpaired) electrons. The molecular formula is C8H5N5OS. The van der Waals surface area contributed by atoms with Crippen molar-refractivity contribution in [1.29, 1.82) is 0 Å². The molecule has 0 aliphatic heterocycles. The molecule has 0 aliphatic carbocycles. The van der Waals surface area contributed by atoms with Crippen LogP contribution >= 0.6 is 11.3 Å². The van der Waals surface area contributed by atoms with Crippen LogP contribution in [0.4, 0.5) is 5.82 Å². The van der Waals surface area contributed by atoms with Gasteiger partial charge in [0.25, 0.3) is 5.56 Å². The Morgan fingerprint density at radius 3 is 3.07 bits per heavy atom. The lowest BCUT2D eigenvalue weighted by atomic mass is 10.3. The van der Waals surface area contributed by atoms with Crippen LogP contribution < -0.4 is 11.3 Å². The van der Waals surface area contributed by atoms with Gasteiger partial charge in [-0.3, -0.25) is 4.79 Å². The number of aromatic nitrogens is 4. The van der Waals surface area contributed by atoms with Crippen molar-refractivity contribution in [3.63, 3.8) is 0 Å². The fraction of sp³-hybridized carbons (Fsp3) is 0. The van der Waals surface area contributed by atoms with Gasteiger partial charge in [-0.05, 0) is 0 Å². The van der Waals surface area contributed by atoms with E-state index in [0.717, 1.165) is 0 Å². The third-order valence-electron chi connectivity index (χ3n) is 2.09. The largest absolute Gasteiger partial charge is 0.383 e. The van der Waals surface area contributed by atoms with Gasteiger partial charge in [0.2, 0.25) is 0 Å². The molecule has 0 unspecified atom stereocenters. The van der Waals surface area contributed by atoms with Gasteiger partial charge in [0.15, 0.2) is 0 Å². The number of nitrogens with one attached hydrogen (secondary N) is 1. The van der Waals surface area contributed by atoms with Crippen molar-refractivity contribution in [3.05, 3.63) is 23.0 Å². The predicted molar refractivity (Wildman–Crippen MR) is 57.7 cm³/mol. The van der Waals surface area contributed by atoms with Crippen LogP contribution in [0.25, 0.3) is 20.4 Å². The van der Waals surface area contributed by atoms with Gasteiger partial charge in [0, 0.05) is 0 Å². The number of fused-ring (bicyclic) bond motifs is 3. The summed E-state index contributed by atoms with van der Waals surface area (Å²) >= 11 is 1.27. The summed E-state index contributed by atoms with van der Waals surface area (Å²) in [6, 6.07) is 0. The standard InChI is InChI=1S/C8H5N5OS/c9-6-3-4-5(7(14)12-1-10-4)15-8(3)13-2-11-6/h1-2H,(H2,9,11,13)(H,10,12,14). The van der Waals surface area contributed by atoms with Gasteiger partial charge in [-0.1, -0.05) is 0 Å². The molecule has 0 amide bonds. The van der Waals surface area contributed by atoms with E-state index in [2.05, 4.69) is 19.9 Å². The Labute approximate surface area is 86.8 Å². The van der Waals surface area contributed by atoms with E-state index in [1.54, 1.807) is 0 Å².